The Morgan fingerprint density at radius 2 is 1.70 bits per heavy atom. The minimum Gasteiger partial charge on any atom is -0.493 e. The van der Waals surface area contributed by atoms with Crippen LogP contribution in [0.2, 0.25) is 0 Å². The molecule has 0 bridgehead atoms. The number of ether oxygens (including phenoxy) is 2. The molecule has 1 N–H and O–H groups in total. The minimum atomic E-state index is -0.0374. The Kier molecular flexibility index (Phi) is 12.8. The summed E-state index contributed by atoms with van der Waals surface area (Å²) in [6.45, 7) is 5.06. The molecule has 1 rings (SSSR count). The number of unbranched alkanes of at least 4 members (excludes halogenated alkanes) is 7. The van der Waals surface area contributed by atoms with Crippen LogP contribution in [-0.4, -0.2) is 25.8 Å². The number of benzene rings is 1. The highest BCUT2D eigenvalue weighted by Crippen LogP contribution is 2.27. The first-order valence-corrected chi connectivity index (χ1v) is 10.3. The number of carbonyl (C=O) groups excluding carboxylic acids is 1. The van der Waals surface area contributed by atoms with E-state index in [2.05, 4.69) is 24.4 Å². The van der Waals surface area contributed by atoms with Crippen molar-refractivity contribution in [2.75, 3.05) is 13.7 Å². The van der Waals surface area contributed by atoms with Crippen LogP contribution in [0.25, 0.3) is 0 Å². The highest BCUT2D eigenvalue weighted by Gasteiger charge is 2.05. The van der Waals surface area contributed by atoms with Gasteiger partial charge in [0.25, 0.3) is 0 Å². The lowest BCUT2D eigenvalue weighted by Crippen LogP contribution is -2.16. The zero-order chi connectivity index (χ0) is 19.7. The molecule has 0 saturated heterocycles. The topological polar surface area (TPSA) is 59.9 Å². The fourth-order valence-electron chi connectivity index (χ4n) is 2.72. The van der Waals surface area contributed by atoms with Crippen molar-refractivity contribution in [3.63, 3.8) is 0 Å². The summed E-state index contributed by atoms with van der Waals surface area (Å²) in [4.78, 5) is 11.8. The van der Waals surface area contributed by atoms with Gasteiger partial charge in [0.1, 0.15) is 0 Å². The molecule has 0 atom stereocenters. The van der Waals surface area contributed by atoms with E-state index in [0.29, 0.717) is 18.8 Å². The molecule has 0 aliphatic carbocycles. The molecule has 0 spiro atoms. The number of amides is 1. The predicted octanol–water partition coefficient (Wildman–Crippen LogP) is 5.46. The maximum atomic E-state index is 11.8. The van der Waals surface area contributed by atoms with E-state index in [9.17, 15) is 4.79 Å². The number of rotatable bonds is 15. The van der Waals surface area contributed by atoms with E-state index in [1.54, 1.807) is 13.3 Å². The second-order valence-electron chi connectivity index (χ2n) is 6.78. The van der Waals surface area contributed by atoms with Gasteiger partial charge in [-0.05, 0) is 36.6 Å². The maximum absolute atomic E-state index is 11.8. The molecule has 0 unspecified atom stereocenters. The molecular weight excluding hydrogens is 340 g/mol. The van der Waals surface area contributed by atoms with E-state index < -0.39 is 0 Å². The Labute approximate surface area is 164 Å². The number of nitrogens with one attached hydrogen (secondary N) is 1. The first kappa shape index (κ1) is 23.0. The van der Waals surface area contributed by atoms with Crippen molar-refractivity contribution in [1.82, 2.24) is 5.43 Å². The lowest BCUT2D eigenvalue weighted by molar-refractivity contribution is -0.121. The van der Waals surface area contributed by atoms with Gasteiger partial charge in [0, 0.05) is 6.42 Å². The van der Waals surface area contributed by atoms with Gasteiger partial charge in [-0.1, -0.05) is 58.8 Å². The number of hydrazone groups is 1. The van der Waals surface area contributed by atoms with Crippen LogP contribution in [0.15, 0.2) is 23.3 Å². The lowest BCUT2D eigenvalue weighted by Gasteiger charge is -2.11. The van der Waals surface area contributed by atoms with Gasteiger partial charge in [-0.3, -0.25) is 4.79 Å². The van der Waals surface area contributed by atoms with Crippen LogP contribution in [0, 0.1) is 0 Å². The molecule has 1 amide bonds. The van der Waals surface area contributed by atoms with Gasteiger partial charge in [-0.25, -0.2) is 5.43 Å². The number of methoxy groups -OCH3 is 1. The second kappa shape index (κ2) is 15.1. The standard InChI is InChI=1S/C22H36N2O3/c1-4-6-8-9-10-11-13-22(25)24-23-18-19-14-15-20(21(17-19)26-3)27-16-12-7-5-2/h14-15,17-18H,4-13,16H2,1-3H3,(H,24,25). The van der Waals surface area contributed by atoms with Gasteiger partial charge in [0.15, 0.2) is 11.5 Å². The SMILES string of the molecule is CCCCCCCCC(=O)NN=Cc1ccc(OCCCCC)c(OC)c1. The third-order valence-electron chi connectivity index (χ3n) is 4.35. The summed E-state index contributed by atoms with van der Waals surface area (Å²) in [6, 6.07) is 5.64. The third kappa shape index (κ3) is 10.6. The Balaban J connectivity index is 2.36. The number of nitrogens with zero attached hydrogens (tertiary/aromatic N) is 1. The second-order valence-corrected chi connectivity index (χ2v) is 6.78. The van der Waals surface area contributed by atoms with Crippen molar-refractivity contribution in [3.05, 3.63) is 23.8 Å². The fraction of sp³-hybridized carbons (Fsp3) is 0.636. The quantitative estimate of drug-likeness (QED) is 0.251. The largest absolute Gasteiger partial charge is 0.493 e. The van der Waals surface area contributed by atoms with E-state index >= 15 is 0 Å². The number of carbonyl (C=O) groups is 1. The van der Waals surface area contributed by atoms with E-state index in [4.69, 9.17) is 9.47 Å². The Hall–Kier alpha value is -2.04. The molecule has 0 aliphatic rings. The molecule has 0 aliphatic heterocycles. The zero-order valence-corrected chi connectivity index (χ0v) is 17.3. The van der Waals surface area contributed by atoms with Crippen molar-refractivity contribution in [2.45, 2.75) is 78.1 Å². The monoisotopic (exact) mass is 376 g/mol. The summed E-state index contributed by atoms with van der Waals surface area (Å²) >= 11 is 0. The normalized spacial score (nSPS) is 10.9. The van der Waals surface area contributed by atoms with E-state index in [1.165, 1.54) is 32.1 Å². The third-order valence-corrected chi connectivity index (χ3v) is 4.35. The molecule has 0 aromatic heterocycles. The number of hydrogen-bond donors (Lipinski definition) is 1. The Morgan fingerprint density at radius 1 is 1.00 bits per heavy atom. The van der Waals surface area contributed by atoms with Crippen LogP contribution in [0.3, 0.4) is 0 Å². The highest BCUT2D eigenvalue weighted by molar-refractivity contribution is 5.83. The fourth-order valence-corrected chi connectivity index (χ4v) is 2.72. The summed E-state index contributed by atoms with van der Waals surface area (Å²) in [5.74, 6) is 1.37. The molecule has 0 saturated carbocycles. The van der Waals surface area contributed by atoms with Crippen molar-refractivity contribution in [1.29, 1.82) is 0 Å². The van der Waals surface area contributed by atoms with Crippen molar-refractivity contribution in [2.24, 2.45) is 5.10 Å². The molecule has 0 fully saturated rings. The van der Waals surface area contributed by atoms with Gasteiger partial charge in [-0.2, -0.15) is 5.10 Å². The lowest BCUT2D eigenvalue weighted by atomic mass is 10.1. The van der Waals surface area contributed by atoms with Gasteiger partial charge >= 0.3 is 0 Å². The molecule has 1 aromatic rings. The Bertz CT molecular complexity index is 558. The average Bonchev–Trinajstić information content (AvgIpc) is 2.68. The summed E-state index contributed by atoms with van der Waals surface area (Å²) in [7, 11) is 1.62. The molecule has 0 heterocycles. The average molecular weight is 377 g/mol. The Morgan fingerprint density at radius 3 is 2.44 bits per heavy atom. The molecule has 5 heteroatoms. The van der Waals surface area contributed by atoms with Crippen LogP contribution in [-0.2, 0) is 4.79 Å². The first-order chi connectivity index (χ1) is 13.2. The van der Waals surface area contributed by atoms with Crippen LogP contribution in [0.1, 0.15) is 83.6 Å². The van der Waals surface area contributed by atoms with Crippen LogP contribution in [0.4, 0.5) is 0 Å². The van der Waals surface area contributed by atoms with E-state index in [-0.39, 0.29) is 5.91 Å². The van der Waals surface area contributed by atoms with Gasteiger partial charge in [0.2, 0.25) is 5.91 Å². The summed E-state index contributed by atoms with van der Waals surface area (Å²) in [5.41, 5.74) is 3.45. The summed E-state index contributed by atoms with van der Waals surface area (Å²) in [6.07, 6.45) is 12.5. The van der Waals surface area contributed by atoms with Crippen LogP contribution in [0.5, 0.6) is 11.5 Å². The van der Waals surface area contributed by atoms with Crippen LogP contribution < -0.4 is 14.9 Å². The molecule has 27 heavy (non-hydrogen) atoms. The first-order valence-electron chi connectivity index (χ1n) is 10.3. The van der Waals surface area contributed by atoms with Crippen molar-refractivity contribution < 1.29 is 14.3 Å². The highest BCUT2D eigenvalue weighted by atomic mass is 16.5. The van der Waals surface area contributed by atoms with Crippen LogP contribution >= 0.6 is 0 Å². The summed E-state index contributed by atoms with van der Waals surface area (Å²) in [5, 5.41) is 4.04. The molecule has 5 nitrogen and oxygen atoms in total. The molecule has 0 radical (unpaired) electrons. The van der Waals surface area contributed by atoms with Crippen molar-refractivity contribution in [3.8, 4) is 11.5 Å². The molecule has 152 valence electrons. The van der Waals surface area contributed by atoms with Gasteiger partial charge in [0.05, 0.1) is 19.9 Å². The molecule has 1 aromatic carbocycles. The zero-order valence-electron chi connectivity index (χ0n) is 17.3. The maximum Gasteiger partial charge on any atom is 0.240 e. The van der Waals surface area contributed by atoms with Gasteiger partial charge in [-0.15, -0.1) is 0 Å². The minimum absolute atomic E-state index is 0.0374. The van der Waals surface area contributed by atoms with E-state index in [0.717, 1.165) is 37.0 Å². The predicted molar refractivity (Wildman–Crippen MR) is 112 cm³/mol. The number of hydrogen-bond acceptors (Lipinski definition) is 4. The molecular formula is C22H36N2O3. The summed E-state index contributed by atoms with van der Waals surface area (Å²) < 4.78 is 11.2. The van der Waals surface area contributed by atoms with Gasteiger partial charge < -0.3 is 9.47 Å². The van der Waals surface area contributed by atoms with Crippen molar-refractivity contribution >= 4 is 12.1 Å². The smallest absolute Gasteiger partial charge is 0.240 e. The van der Waals surface area contributed by atoms with E-state index in [1.807, 2.05) is 18.2 Å².